The lowest BCUT2D eigenvalue weighted by molar-refractivity contribution is -0.136. The van der Waals surface area contributed by atoms with Crippen molar-refractivity contribution in [2.24, 2.45) is 0 Å². The van der Waals surface area contributed by atoms with E-state index in [9.17, 15) is 0 Å². The largest absolute Gasteiger partial charge is 0.346 e. The molecule has 0 aromatic rings. The zero-order valence-corrected chi connectivity index (χ0v) is 7.51. The Morgan fingerprint density at radius 2 is 1.60 bits per heavy atom. The summed E-state index contributed by atoms with van der Waals surface area (Å²) in [4.78, 5) is 9.17. The summed E-state index contributed by atoms with van der Waals surface area (Å²) in [5, 5.41) is 0. The molecule has 0 aliphatic rings. The minimum atomic E-state index is -1.67. The smallest absolute Gasteiger partial charge is 0.236 e. The minimum absolute atomic E-state index is 1.01. The van der Waals surface area contributed by atoms with E-state index in [1.165, 1.54) is 21.3 Å². The van der Waals surface area contributed by atoms with Gasteiger partial charge >= 0.3 is 0 Å². The number of hydrogen-bond donors (Lipinski definition) is 1. The zero-order chi connectivity index (χ0) is 8.20. The molecule has 0 heterocycles. The molecule has 0 rings (SSSR count). The third kappa shape index (κ3) is 2.15. The second kappa shape index (κ2) is 4.21. The quantitative estimate of drug-likeness (QED) is 0.500. The highest BCUT2D eigenvalue weighted by molar-refractivity contribution is 7.47. The highest BCUT2D eigenvalue weighted by atomic mass is 31.2. The van der Waals surface area contributed by atoms with E-state index in [2.05, 4.69) is 4.52 Å². The Morgan fingerprint density at radius 3 is 1.70 bits per heavy atom. The fourth-order valence-electron chi connectivity index (χ4n) is 0.405. The monoisotopic (exact) mass is 168 g/mol. The standard InChI is InChI=1S/C5H13O4P/c1-5(7-2,8-3)10(6)9-4/h6H,1-4H3. The minimum Gasteiger partial charge on any atom is -0.346 e. The molecule has 1 atom stereocenters. The van der Waals surface area contributed by atoms with Crippen LogP contribution in [0.2, 0.25) is 0 Å². The Labute approximate surface area is 62.0 Å². The van der Waals surface area contributed by atoms with E-state index in [1.54, 1.807) is 6.92 Å². The Hall–Kier alpha value is 0.270. The Kier molecular flexibility index (Phi) is 4.32. The average Bonchev–Trinajstić information content (AvgIpc) is 2.01. The van der Waals surface area contributed by atoms with Crippen molar-refractivity contribution in [3.8, 4) is 0 Å². The van der Waals surface area contributed by atoms with Crippen molar-refractivity contribution < 1.29 is 18.9 Å². The fourth-order valence-corrected chi connectivity index (χ4v) is 1.05. The maximum Gasteiger partial charge on any atom is 0.236 e. The van der Waals surface area contributed by atoms with Crippen molar-refractivity contribution in [1.82, 2.24) is 0 Å². The molecule has 0 fully saturated rings. The number of hydrogen-bond acceptors (Lipinski definition) is 4. The first-order valence-electron chi connectivity index (χ1n) is 2.74. The van der Waals surface area contributed by atoms with Gasteiger partial charge in [-0.25, -0.2) is 0 Å². The van der Waals surface area contributed by atoms with Gasteiger partial charge in [0.2, 0.25) is 13.9 Å². The van der Waals surface area contributed by atoms with Crippen LogP contribution in [0.1, 0.15) is 6.92 Å². The molecule has 0 aliphatic carbocycles. The van der Waals surface area contributed by atoms with E-state index in [0.717, 1.165) is 0 Å². The van der Waals surface area contributed by atoms with Gasteiger partial charge in [-0.05, 0) is 6.92 Å². The third-order valence-corrected chi connectivity index (χ3v) is 2.68. The summed E-state index contributed by atoms with van der Waals surface area (Å²) in [7, 11) is 2.64. The summed E-state index contributed by atoms with van der Waals surface area (Å²) < 4.78 is 14.4. The van der Waals surface area contributed by atoms with Crippen LogP contribution in [0.25, 0.3) is 0 Å². The predicted octanol–water partition coefficient (Wildman–Crippen LogP) is 0.903. The Bertz CT molecular complexity index is 93.6. The van der Waals surface area contributed by atoms with Gasteiger partial charge in [-0.3, -0.25) is 0 Å². The highest BCUT2D eigenvalue weighted by Gasteiger charge is 2.34. The van der Waals surface area contributed by atoms with Gasteiger partial charge in [0.1, 0.15) is 0 Å². The predicted molar refractivity (Wildman–Crippen MR) is 38.6 cm³/mol. The van der Waals surface area contributed by atoms with Crippen LogP contribution in [0.15, 0.2) is 0 Å². The lowest BCUT2D eigenvalue weighted by Gasteiger charge is -2.28. The number of methoxy groups -OCH3 is 2. The van der Waals surface area contributed by atoms with Crippen molar-refractivity contribution in [1.29, 1.82) is 0 Å². The van der Waals surface area contributed by atoms with Crippen LogP contribution >= 0.6 is 8.38 Å². The zero-order valence-electron chi connectivity index (χ0n) is 6.62. The van der Waals surface area contributed by atoms with Gasteiger partial charge in [0.05, 0.1) is 0 Å². The van der Waals surface area contributed by atoms with Crippen LogP contribution in [0.4, 0.5) is 0 Å². The second-order valence-corrected chi connectivity index (χ2v) is 3.48. The molecular weight excluding hydrogens is 155 g/mol. The van der Waals surface area contributed by atoms with E-state index in [0.29, 0.717) is 0 Å². The summed E-state index contributed by atoms with van der Waals surface area (Å²) >= 11 is 0. The van der Waals surface area contributed by atoms with E-state index in [1.807, 2.05) is 0 Å². The summed E-state index contributed by atoms with van der Waals surface area (Å²) in [6, 6.07) is 0. The molecule has 10 heavy (non-hydrogen) atoms. The molecule has 1 unspecified atom stereocenters. The topological polar surface area (TPSA) is 47.9 Å². The number of ether oxygens (including phenoxy) is 2. The van der Waals surface area contributed by atoms with Gasteiger partial charge in [-0.2, -0.15) is 0 Å². The van der Waals surface area contributed by atoms with Crippen LogP contribution in [0, 0.1) is 0 Å². The molecule has 0 spiro atoms. The Balaban J connectivity index is 4.02. The summed E-state index contributed by atoms with van der Waals surface area (Å²) in [6.07, 6.45) is 0. The lowest BCUT2D eigenvalue weighted by Crippen LogP contribution is -2.27. The highest BCUT2D eigenvalue weighted by Crippen LogP contribution is 2.46. The van der Waals surface area contributed by atoms with Crippen LogP contribution in [-0.4, -0.2) is 31.8 Å². The van der Waals surface area contributed by atoms with Crippen LogP contribution < -0.4 is 0 Å². The molecule has 0 saturated carbocycles. The van der Waals surface area contributed by atoms with Gasteiger partial charge < -0.3 is 18.9 Å². The van der Waals surface area contributed by atoms with Gasteiger partial charge in [0, 0.05) is 21.3 Å². The van der Waals surface area contributed by atoms with Gasteiger partial charge in [0.25, 0.3) is 0 Å². The summed E-state index contributed by atoms with van der Waals surface area (Å²) in [5.41, 5.74) is -1.01. The maximum atomic E-state index is 9.17. The van der Waals surface area contributed by atoms with Gasteiger partial charge in [-0.1, -0.05) is 0 Å². The molecule has 0 amide bonds. The molecule has 1 N–H and O–H groups in total. The molecule has 5 heteroatoms. The van der Waals surface area contributed by atoms with Crippen LogP contribution in [0.5, 0.6) is 0 Å². The van der Waals surface area contributed by atoms with Crippen LogP contribution in [-0.2, 0) is 14.0 Å². The second-order valence-electron chi connectivity index (χ2n) is 1.76. The normalized spacial score (nSPS) is 15.3. The SMILES string of the molecule is COP(O)C(C)(OC)OC. The van der Waals surface area contributed by atoms with E-state index < -0.39 is 13.9 Å². The fraction of sp³-hybridized carbons (Fsp3) is 1.00. The van der Waals surface area contributed by atoms with E-state index >= 15 is 0 Å². The van der Waals surface area contributed by atoms with Gasteiger partial charge in [-0.15, -0.1) is 0 Å². The van der Waals surface area contributed by atoms with Crippen molar-refractivity contribution in [2.45, 2.75) is 12.5 Å². The first-order chi connectivity index (χ1) is 4.60. The molecule has 0 aromatic heterocycles. The Morgan fingerprint density at radius 1 is 1.20 bits per heavy atom. The molecule has 0 bridgehead atoms. The van der Waals surface area contributed by atoms with Gasteiger partial charge in [0.15, 0.2) is 0 Å². The molecule has 0 aliphatic heterocycles. The van der Waals surface area contributed by atoms with Crippen LogP contribution in [0.3, 0.4) is 0 Å². The summed E-state index contributed by atoms with van der Waals surface area (Å²) in [5.74, 6) is 0. The van der Waals surface area contributed by atoms with Crippen molar-refractivity contribution in [3.63, 3.8) is 0 Å². The number of rotatable bonds is 4. The van der Waals surface area contributed by atoms with Crippen molar-refractivity contribution >= 4 is 8.38 Å². The van der Waals surface area contributed by atoms with Crippen molar-refractivity contribution in [2.75, 3.05) is 21.3 Å². The summed E-state index contributed by atoms with van der Waals surface area (Å²) in [6.45, 7) is 1.61. The first-order valence-corrected chi connectivity index (χ1v) is 3.95. The van der Waals surface area contributed by atoms with Crippen molar-refractivity contribution in [3.05, 3.63) is 0 Å². The molecule has 0 radical (unpaired) electrons. The van der Waals surface area contributed by atoms with E-state index in [4.69, 9.17) is 14.4 Å². The first kappa shape index (κ1) is 10.3. The molecule has 0 aromatic carbocycles. The molecule has 0 saturated heterocycles. The molecule has 4 nitrogen and oxygen atoms in total. The molecule has 62 valence electrons. The van der Waals surface area contributed by atoms with E-state index in [-0.39, 0.29) is 0 Å². The molecular formula is C5H13O4P. The average molecular weight is 168 g/mol. The lowest BCUT2D eigenvalue weighted by atomic mass is 10.7. The third-order valence-electron chi connectivity index (χ3n) is 1.28. The maximum absolute atomic E-state index is 9.17.